The first-order chi connectivity index (χ1) is 9.95. The number of benzene rings is 1. The van der Waals surface area contributed by atoms with Crippen LogP contribution in [0.2, 0.25) is 0 Å². The van der Waals surface area contributed by atoms with Crippen LogP contribution in [0.25, 0.3) is 0 Å². The maximum Gasteiger partial charge on any atom is 0.418 e. The van der Waals surface area contributed by atoms with E-state index in [0.717, 1.165) is 38.4 Å². The first kappa shape index (κ1) is 14.5. The molecule has 2 aliphatic rings. The van der Waals surface area contributed by atoms with Crippen molar-refractivity contribution < 1.29 is 13.2 Å². The van der Waals surface area contributed by atoms with E-state index in [4.69, 9.17) is 5.73 Å². The Bertz CT molecular complexity index is 515. The molecule has 2 aliphatic heterocycles. The van der Waals surface area contributed by atoms with Gasteiger partial charge in [-0.05, 0) is 44.0 Å². The van der Waals surface area contributed by atoms with E-state index in [0.29, 0.717) is 19.1 Å². The van der Waals surface area contributed by atoms with E-state index in [1.807, 2.05) is 4.90 Å². The Morgan fingerprint density at radius 1 is 1.10 bits per heavy atom. The van der Waals surface area contributed by atoms with Crippen LogP contribution in [-0.4, -0.2) is 37.1 Å². The van der Waals surface area contributed by atoms with E-state index in [9.17, 15) is 13.2 Å². The molecule has 0 saturated carbocycles. The molecule has 2 fully saturated rings. The summed E-state index contributed by atoms with van der Waals surface area (Å²) >= 11 is 0. The maximum atomic E-state index is 13.3. The van der Waals surface area contributed by atoms with Gasteiger partial charge in [0.1, 0.15) is 0 Å². The molecule has 2 heterocycles. The fourth-order valence-corrected chi connectivity index (χ4v) is 3.48. The number of nitrogens with zero attached hydrogens (tertiary/aromatic N) is 2. The Kier molecular flexibility index (Phi) is 3.73. The van der Waals surface area contributed by atoms with E-state index in [1.54, 1.807) is 6.07 Å². The molecular weight excluding hydrogens is 279 g/mol. The Labute approximate surface area is 122 Å². The second kappa shape index (κ2) is 5.40. The minimum atomic E-state index is -4.37. The number of nitrogen functional groups attached to an aromatic ring is 1. The van der Waals surface area contributed by atoms with Gasteiger partial charge in [-0.2, -0.15) is 13.2 Å². The lowest BCUT2D eigenvalue weighted by molar-refractivity contribution is -0.137. The highest BCUT2D eigenvalue weighted by molar-refractivity contribution is 5.61. The van der Waals surface area contributed by atoms with Crippen molar-refractivity contribution in [1.82, 2.24) is 4.90 Å². The number of fused-ring (bicyclic) bond motifs is 1. The van der Waals surface area contributed by atoms with Gasteiger partial charge < -0.3 is 10.6 Å². The molecule has 1 atom stereocenters. The number of anilines is 2. The first-order valence-corrected chi connectivity index (χ1v) is 7.41. The molecule has 0 aromatic heterocycles. The lowest BCUT2D eigenvalue weighted by atomic mass is 10.1. The highest BCUT2D eigenvalue weighted by Gasteiger charge is 2.37. The van der Waals surface area contributed by atoms with E-state index in [-0.39, 0.29) is 11.4 Å². The van der Waals surface area contributed by atoms with Gasteiger partial charge >= 0.3 is 6.18 Å². The van der Waals surface area contributed by atoms with E-state index in [2.05, 4.69) is 4.90 Å². The number of hydrogen-bond donors (Lipinski definition) is 1. The monoisotopic (exact) mass is 299 g/mol. The average Bonchev–Trinajstić information content (AvgIpc) is 2.75. The maximum absolute atomic E-state index is 13.3. The highest BCUT2D eigenvalue weighted by Crippen LogP contribution is 2.38. The van der Waals surface area contributed by atoms with Gasteiger partial charge in [-0.3, -0.25) is 4.90 Å². The van der Waals surface area contributed by atoms with Crippen LogP contribution in [0.4, 0.5) is 24.5 Å². The molecule has 0 radical (unpaired) electrons. The van der Waals surface area contributed by atoms with Gasteiger partial charge in [0.2, 0.25) is 0 Å². The van der Waals surface area contributed by atoms with Crippen LogP contribution in [-0.2, 0) is 6.18 Å². The summed E-state index contributed by atoms with van der Waals surface area (Å²) in [6.07, 6.45) is -1.25. The van der Waals surface area contributed by atoms with Crippen molar-refractivity contribution in [3.05, 3.63) is 23.8 Å². The van der Waals surface area contributed by atoms with Crippen molar-refractivity contribution in [3.8, 4) is 0 Å². The molecule has 0 bridgehead atoms. The molecule has 6 heteroatoms. The highest BCUT2D eigenvalue weighted by atomic mass is 19.4. The molecule has 0 amide bonds. The van der Waals surface area contributed by atoms with Gasteiger partial charge in [0.25, 0.3) is 0 Å². The molecule has 1 aromatic rings. The minimum Gasteiger partial charge on any atom is -0.399 e. The lowest BCUT2D eigenvalue weighted by Crippen LogP contribution is -2.37. The van der Waals surface area contributed by atoms with Crippen molar-refractivity contribution in [2.24, 2.45) is 0 Å². The van der Waals surface area contributed by atoms with Gasteiger partial charge in [-0.15, -0.1) is 0 Å². The molecule has 21 heavy (non-hydrogen) atoms. The summed E-state index contributed by atoms with van der Waals surface area (Å²) in [7, 11) is 0. The molecule has 0 spiro atoms. The zero-order valence-electron chi connectivity index (χ0n) is 11.9. The van der Waals surface area contributed by atoms with Crippen LogP contribution in [0.15, 0.2) is 18.2 Å². The van der Waals surface area contributed by atoms with Crippen LogP contribution < -0.4 is 10.6 Å². The van der Waals surface area contributed by atoms with Gasteiger partial charge in [0.15, 0.2) is 0 Å². The summed E-state index contributed by atoms with van der Waals surface area (Å²) in [5.74, 6) is 0. The summed E-state index contributed by atoms with van der Waals surface area (Å²) in [5, 5.41) is 0. The van der Waals surface area contributed by atoms with Crippen molar-refractivity contribution >= 4 is 11.4 Å². The smallest absolute Gasteiger partial charge is 0.399 e. The third-order valence-electron chi connectivity index (χ3n) is 4.47. The van der Waals surface area contributed by atoms with Crippen LogP contribution in [0.3, 0.4) is 0 Å². The Hall–Kier alpha value is -1.43. The Morgan fingerprint density at radius 3 is 2.62 bits per heavy atom. The predicted octanol–water partition coefficient (Wildman–Crippen LogP) is 2.96. The molecule has 2 saturated heterocycles. The molecule has 116 valence electrons. The molecule has 0 aliphatic carbocycles. The second-order valence-corrected chi connectivity index (χ2v) is 5.91. The zero-order chi connectivity index (χ0) is 15.0. The summed E-state index contributed by atoms with van der Waals surface area (Å²) in [6, 6.07) is 4.50. The van der Waals surface area contributed by atoms with Crippen LogP contribution in [0.5, 0.6) is 0 Å². The van der Waals surface area contributed by atoms with Gasteiger partial charge in [-0.25, -0.2) is 0 Å². The van der Waals surface area contributed by atoms with Crippen LogP contribution in [0, 0.1) is 0 Å². The SMILES string of the molecule is Nc1ccc(N2CCCN3CCCC3C2)c(C(F)(F)F)c1. The zero-order valence-corrected chi connectivity index (χ0v) is 11.9. The van der Waals surface area contributed by atoms with Gasteiger partial charge in [0.05, 0.1) is 5.56 Å². The third kappa shape index (κ3) is 2.95. The molecule has 1 unspecified atom stereocenters. The summed E-state index contributed by atoms with van der Waals surface area (Å²) in [6.45, 7) is 3.40. The van der Waals surface area contributed by atoms with Crippen molar-refractivity contribution in [1.29, 1.82) is 0 Å². The number of rotatable bonds is 1. The molecule has 3 rings (SSSR count). The number of halogens is 3. The summed E-state index contributed by atoms with van der Waals surface area (Å²) in [4.78, 5) is 4.29. The number of nitrogens with two attached hydrogens (primary N) is 1. The largest absolute Gasteiger partial charge is 0.418 e. The average molecular weight is 299 g/mol. The van der Waals surface area contributed by atoms with Crippen LogP contribution in [0.1, 0.15) is 24.8 Å². The van der Waals surface area contributed by atoms with Gasteiger partial charge in [0, 0.05) is 37.1 Å². The number of hydrogen-bond acceptors (Lipinski definition) is 3. The molecule has 1 aromatic carbocycles. The van der Waals surface area contributed by atoms with Crippen LogP contribution >= 0.6 is 0 Å². The Balaban J connectivity index is 1.92. The number of alkyl halides is 3. The van der Waals surface area contributed by atoms with E-state index < -0.39 is 11.7 Å². The minimum absolute atomic E-state index is 0.156. The van der Waals surface area contributed by atoms with Crippen molar-refractivity contribution in [3.63, 3.8) is 0 Å². The fourth-order valence-electron chi connectivity index (χ4n) is 3.48. The topological polar surface area (TPSA) is 32.5 Å². The molecule has 2 N–H and O–H groups in total. The molecule has 3 nitrogen and oxygen atoms in total. The standard InChI is InChI=1S/C15H20F3N3/c16-15(17,18)13-9-11(19)4-5-14(13)21-8-2-7-20-6-1-3-12(20)10-21/h4-5,9,12H,1-3,6-8,10,19H2. The second-order valence-electron chi connectivity index (χ2n) is 5.91. The quantitative estimate of drug-likeness (QED) is 0.809. The summed E-state index contributed by atoms with van der Waals surface area (Å²) < 4.78 is 39.8. The van der Waals surface area contributed by atoms with Crippen molar-refractivity contribution in [2.75, 3.05) is 36.8 Å². The summed E-state index contributed by atoms with van der Waals surface area (Å²) in [5.41, 5.74) is 5.35. The predicted molar refractivity (Wildman–Crippen MR) is 77.3 cm³/mol. The van der Waals surface area contributed by atoms with E-state index >= 15 is 0 Å². The van der Waals surface area contributed by atoms with Crippen molar-refractivity contribution in [2.45, 2.75) is 31.5 Å². The normalized spacial score (nSPS) is 24.0. The van der Waals surface area contributed by atoms with Gasteiger partial charge in [-0.1, -0.05) is 0 Å². The third-order valence-corrected chi connectivity index (χ3v) is 4.47. The molecular formula is C15H20F3N3. The van der Waals surface area contributed by atoms with E-state index in [1.165, 1.54) is 6.07 Å². The lowest BCUT2D eigenvalue weighted by Gasteiger charge is -2.29. The Morgan fingerprint density at radius 2 is 1.86 bits per heavy atom. The fraction of sp³-hybridized carbons (Fsp3) is 0.600. The first-order valence-electron chi connectivity index (χ1n) is 7.41.